The number of carbonyl (C=O) groups excluding carboxylic acids is 1. The van der Waals surface area contributed by atoms with Gasteiger partial charge in [-0.3, -0.25) is 4.79 Å². The molecule has 1 aromatic carbocycles. The van der Waals surface area contributed by atoms with E-state index in [9.17, 15) is 18.4 Å². The van der Waals surface area contributed by atoms with Gasteiger partial charge in [-0.25, -0.2) is 13.6 Å². The van der Waals surface area contributed by atoms with Gasteiger partial charge in [0.05, 0.1) is 5.69 Å². The van der Waals surface area contributed by atoms with Crippen molar-refractivity contribution < 1.29 is 23.5 Å². The molecule has 0 heterocycles. The first-order valence-corrected chi connectivity index (χ1v) is 5.71. The molecule has 0 aromatic heterocycles. The highest BCUT2D eigenvalue weighted by molar-refractivity contribution is 6.09. The first kappa shape index (κ1) is 13.2. The zero-order chi connectivity index (χ0) is 14.0. The van der Waals surface area contributed by atoms with E-state index in [0.717, 1.165) is 6.07 Å². The van der Waals surface area contributed by atoms with Crippen molar-refractivity contribution in [2.45, 2.75) is 19.3 Å². The Labute approximate surface area is 107 Å². The molecule has 19 heavy (non-hydrogen) atoms. The van der Waals surface area contributed by atoms with Crippen LogP contribution < -0.4 is 5.32 Å². The highest BCUT2D eigenvalue weighted by Gasteiger charge is 2.25. The summed E-state index contributed by atoms with van der Waals surface area (Å²) in [4.78, 5) is 22.8. The largest absolute Gasteiger partial charge is 0.478 e. The van der Waals surface area contributed by atoms with E-state index < -0.39 is 23.5 Å². The van der Waals surface area contributed by atoms with Crippen LogP contribution in [-0.4, -0.2) is 17.0 Å². The van der Waals surface area contributed by atoms with Crippen LogP contribution in [0.15, 0.2) is 29.3 Å². The van der Waals surface area contributed by atoms with E-state index in [1.165, 1.54) is 12.1 Å². The number of aliphatic carboxylic acids is 1. The first-order chi connectivity index (χ1) is 9.00. The van der Waals surface area contributed by atoms with Gasteiger partial charge in [0.25, 0.3) is 5.91 Å². The Kier molecular flexibility index (Phi) is 3.59. The van der Waals surface area contributed by atoms with Crippen molar-refractivity contribution in [1.29, 1.82) is 0 Å². The summed E-state index contributed by atoms with van der Waals surface area (Å²) in [7, 11) is 0. The lowest BCUT2D eigenvalue weighted by molar-refractivity contribution is -0.133. The number of carbonyl (C=O) groups is 2. The number of halogens is 2. The molecule has 0 atom stereocenters. The van der Waals surface area contributed by atoms with Gasteiger partial charge in [0, 0.05) is 11.1 Å². The molecule has 0 fully saturated rings. The lowest BCUT2D eigenvalue weighted by Gasteiger charge is -2.08. The van der Waals surface area contributed by atoms with Crippen LogP contribution in [0.2, 0.25) is 0 Å². The zero-order valence-electron chi connectivity index (χ0n) is 9.87. The molecule has 0 radical (unpaired) electrons. The van der Waals surface area contributed by atoms with E-state index >= 15 is 0 Å². The van der Waals surface area contributed by atoms with Gasteiger partial charge in [-0.1, -0.05) is 6.07 Å². The molecule has 1 aliphatic rings. The Balaban J connectivity index is 2.24. The third-order valence-corrected chi connectivity index (χ3v) is 2.95. The number of hydrogen-bond donors (Lipinski definition) is 2. The minimum absolute atomic E-state index is 0.0364. The van der Waals surface area contributed by atoms with E-state index in [1.54, 1.807) is 0 Å². The maximum atomic E-state index is 13.4. The number of rotatable bonds is 3. The monoisotopic (exact) mass is 267 g/mol. The summed E-state index contributed by atoms with van der Waals surface area (Å²) in [5.41, 5.74) is -0.139. The van der Waals surface area contributed by atoms with Crippen molar-refractivity contribution in [3.8, 4) is 0 Å². The fraction of sp³-hybridized carbons (Fsp3) is 0.231. The summed E-state index contributed by atoms with van der Waals surface area (Å²) < 4.78 is 26.4. The van der Waals surface area contributed by atoms with Crippen LogP contribution in [0.4, 0.5) is 14.5 Å². The molecule has 0 saturated carbocycles. The summed E-state index contributed by atoms with van der Waals surface area (Å²) in [6.07, 6.45) is 1.20. The van der Waals surface area contributed by atoms with Gasteiger partial charge in [-0.05, 0) is 31.4 Å². The minimum Gasteiger partial charge on any atom is -0.478 e. The SMILES string of the molecule is O=C(O)C1=C(C(=O)Nc2cccc(F)c2F)CCC1. The summed E-state index contributed by atoms with van der Waals surface area (Å²) in [5, 5.41) is 11.1. The van der Waals surface area contributed by atoms with E-state index in [-0.39, 0.29) is 16.8 Å². The second-order valence-corrected chi connectivity index (χ2v) is 4.17. The van der Waals surface area contributed by atoms with Gasteiger partial charge in [-0.2, -0.15) is 0 Å². The molecule has 4 nitrogen and oxygen atoms in total. The minimum atomic E-state index is -1.16. The second kappa shape index (κ2) is 5.17. The van der Waals surface area contributed by atoms with Gasteiger partial charge in [0.2, 0.25) is 0 Å². The lowest BCUT2D eigenvalue weighted by atomic mass is 10.1. The quantitative estimate of drug-likeness (QED) is 0.884. The summed E-state index contributed by atoms with van der Waals surface area (Å²) in [5.74, 6) is -4.08. The topological polar surface area (TPSA) is 66.4 Å². The highest BCUT2D eigenvalue weighted by atomic mass is 19.2. The summed E-state index contributed by atoms with van der Waals surface area (Å²) in [6.45, 7) is 0. The molecule has 6 heteroatoms. The normalized spacial score (nSPS) is 14.6. The van der Waals surface area contributed by atoms with Gasteiger partial charge in [0.1, 0.15) is 0 Å². The van der Waals surface area contributed by atoms with Crippen molar-refractivity contribution in [2.24, 2.45) is 0 Å². The van der Waals surface area contributed by atoms with Crippen LogP contribution in [0.1, 0.15) is 19.3 Å². The van der Waals surface area contributed by atoms with Crippen molar-refractivity contribution in [2.75, 3.05) is 5.32 Å². The van der Waals surface area contributed by atoms with E-state index in [1.807, 2.05) is 0 Å². The molecule has 0 spiro atoms. The van der Waals surface area contributed by atoms with Gasteiger partial charge >= 0.3 is 5.97 Å². The Morgan fingerprint density at radius 3 is 2.53 bits per heavy atom. The molecule has 0 saturated heterocycles. The average Bonchev–Trinajstić information content (AvgIpc) is 2.84. The van der Waals surface area contributed by atoms with Gasteiger partial charge in [0.15, 0.2) is 11.6 Å². The fourth-order valence-corrected chi connectivity index (χ4v) is 2.03. The van der Waals surface area contributed by atoms with E-state index in [4.69, 9.17) is 5.11 Å². The Morgan fingerprint density at radius 2 is 1.84 bits per heavy atom. The molecule has 0 aliphatic heterocycles. The number of anilines is 1. The van der Waals surface area contributed by atoms with Crippen molar-refractivity contribution in [3.63, 3.8) is 0 Å². The molecular formula is C13H11F2NO3. The Bertz CT molecular complexity index is 581. The molecule has 1 aromatic rings. The Morgan fingerprint density at radius 1 is 1.16 bits per heavy atom. The van der Waals surface area contributed by atoms with E-state index in [0.29, 0.717) is 19.3 Å². The number of nitrogens with one attached hydrogen (secondary N) is 1. The third-order valence-electron chi connectivity index (χ3n) is 2.95. The third kappa shape index (κ3) is 2.62. The number of amides is 1. The van der Waals surface area contributed by atoms with Gasteiger partial charge in [-0.15, -0.1) is 0 Å². The predicted octanol–water partition coefficient (Wildman–Crippen LogP) is 2.47. The maximum absolute atomic E-state index is 13.4. The standard InChI is InChI=1S/C13H11F2NO3/c14-9-5-2-6-10(11(9)15)16-12(17)7-3-1-4-8(7)13(18)19/h2,5-6H,1,3-4H2,(H,16,17)(H,18,19). The average molecular weight is 267 g/mol. The number of carboxylic acid groups (broad SMARTS) is 1. The van der Waals surface area contributed by atoms with E-state index in [2.05, 4.69) is 5.32 Å². The number of benzene rings is 1. The summed E-state index contributed by atoms with van der Waals surface area (Å²) in [6, 6.07) is 3.41. The van der Waals surface area contributed by atoms with Gasteiger partial charge < -0.3 is 10.4 Å². The van der Waals surface area contributed by atoms with Crippen molar-refractivity contribution >= 4 is 17.6 Å². The number of carboxylic acids is 1. The fourth-order valence-electron chi connectivity index (χ4n) is 2.03. The van der Waals surface area contributed by atoms with Crippen LogP contribution in [0, 0.1) is 11.6 Å². The molecule has 0 unspecified atom stereocenters. The van der Waals surface area contributed by atoms with Crippen molar-refractivity contribution in [1.82, 2.24) is 0 Å². The molecule has 2 rings (SSSR count). The zero-order valence-corrected chi connectivity index (χ0v) is 9.87. The maximum Gasteiger partial charge on any atom is 0.332 e. The van der Waals surface area contributed by atoms with Crippen LogP contribution in [0.25, 0.3) is 0 Å². The highest BCUT2D eigenvalue weighted by Crippen LogP contribution is 2.27. The summed E-state index contributed by atoms with van der Waals surface area (Å²) >= 11 is 0. The van der Waals surface area contributed by atoms with Crippen LogP contribution in [0.5, 0.6) is 0 Å². The lowest BCUT2D eigenvalue weighted by Crippen LogP contribution is -2.17. The number of hydrogen-bond acceptors (Lipinski definition) is 2. The van der Waals surface area contributed by atoms with Crippen molar-refractivity contribution in [3.05, 3.63) is 41.0 Å². The molecule has 100 valence electrons. The molecular weight excluding hydrogens is 256 g/mol. The Hall–Kier alpha value is -2.24. The molecule has 0 bridgehead atoms. The molecule has 1 amide bonds. The van der Waals surface area contributed by atoms with Crippen LogP contribution in [-0.2, 0) is 9.59 Å². The van der Waals surface area contributed by atoms with Crippen LogP contribution >= 0.6 is 0 Å². The first-order valence-electron chi connectivity index (χ1n) is 5.71. The predicted molar refractivity (Wildman–Crippen MR) is 63.5 cm³/mol. The smallest absolute Gasteiger partial charge is 0.332 e. The second-order valence-electron chi connectivity index (χ2n) is 4.17. The molecule has 1 aliphatic carbocycles. The molecule has 2 N–H and O–H groups in total. The van der Waals surface area contributed by atoms with Crippen LogP contribution in [0.3, 0.4) is 0 Å².